The van der Waals surface area contributed by atoms with Crippen LogP contribution in [0, 0.1) is 5.92 Å². The van der Waals surface area contributed by atoms with E-state index in [0.717, 1.165) is 5.56 Å². The van der Waals surface area contributed by atoms with Gasteiger partial charge in [0, 0.05) is 38.3 Å². The van der Waals surface area contributed by atoms with Crippen molar-refractivity contribution < 1.29 is 27.5 Å². The lowest BCUT2D eigenvalue weighted by Crippen LogP contribution is -2.50. The molecule has 0 radical (unpaired) electrons. The first kappa shape index (κ1) is 21.0. The van der Waals surface area contributed by atoms with Crippen molar-refractivity contribution in [1.82, 2.24) is 9.88 Å². The second-order valence-electron chi connectivity index (χ2n) is 7.62. The molecule has 2 amide bonds. The number of nitrogens with zero attached hydrogens (tertiary/aromatic N) is 3. The fourth-order valence-electron chi connectivity index (χ4n) is 3.97. The largest absolute Gasteiger partial charge is 0.573 e. The summed E-state index contributed by atoms with van der Waals surface area (Å²) in [6.07, 6.45) is -2.46. The van der Waals surface area contributed by atoms with Gasteiger partial charge in [-0.1, -0.05) is 12.1 Å². The number of hydrogen-bond donors (Lipinski definition) is 1. The first-order valence-corrected chi connectivity index (χ1v) is 9.87. The molecule has 2 atom stereocenters. The van der Waals surface area contributed by atoms with Crippen LogP contribution in [0.25, 0.3) is 0 Å². The van der Waals surface area contributed by atoms with E-state index in [1.54, 1.807) is 35.4 Å². The molecule has 1 saturated heterocycles. The molecular formula is C21H21F3N4O3. The van der Waals surface area contributed by atoms with Crippen molar-refractivity contribution in [2.75, 3.05) is 31.1 Å². The maximum atomic E-state index is 12.9. The Balaban J connectivity index is 1.33. The maximum absolute atomic E-state index is 12.9. The van der Waals surface area contributed by atoms with Crippen molar-refractivity contribution in [3.8, 4) is 5.75 Å². The van der Waals surface area contributed by atoms with E-state index in [9.17, 15) is 22.8 Å². The van der Waals surface area contributed by atoms with Crippen LogP contribution in [0.15, 0.2) is 42.6 Å². The highest BCUT2D eigenvalue weighted by Gasteiger charge is 2.46. The van der Waals surface area contributed by atoms with Gasteiger partial charge in [-0.05, 0) is 42.2 Å². The maximum Gasteiger partial charge on any atom is 0.573 e. The van der Waals surface area contributed by atoms with Crippen molar-refractivity contribution in [2.24, 2.45) is 11.7 Å². The van der Waals surface area contributed by atoms with Gasteiger partial charge in [0.25, 0.3) is 5.91 Å². The number of carbonyl (C=O) groups is 2. The summed E-state index contributed by atoms with van der Waals surface area (Å²) in [5.74, 6) is -0.432. The number of aromatic nitrogens is 1. The lowest BCUT2D eigenvalue weighted by molar-refractivity contribution is -0.274. The van der Waals surface area contributed by atoms with Crippen LogP contribution in [0.1, 0.15) is 28.3 Å². The van der Waals surface area contributed by atoms with Crippen molar-refractivity contribution in [3.05, 3.63) is 53.7 Å². The molecule has 2 fully saturated rings. The molecule has 2 aromatic rings. The number of hydrogen-bond acceptors (Lipinski definition) is 5. The minimum Gasteiger partial charge on any atom is -0.406 e. The van der Waals surface area contributed by atoms with E-state index in [1.807, 2.05) is 4.90 Å². The zero-order valence-corrected chi connectivity index (χ0v) is 16.5. The third-order valence-electron chi connectivity index (χ3n) is 5.59. The molecule has 1 aromatic heterocycles. The zero-order chi connectivity index (χ0) is 22.2. The normalized spacial score (nSPS) is 21.0. The third kappa shape index (κ3) is 4.73. The molecule has 7 nitrogen and oxygen atoms in total. The third-order valence-corrected chi connectivity index (χ3v) is 5.59. The van der Waals surface area contributed by atoms with E-state index in [-0.39, 0.29) is 23.5 Å². The summed E-state index contributed by atoms with van der Waals surface area (Å²) in [7, 11) is 0. The Labute approximate surface area is 176 Å². The average Bonchev–Trinajstić information content (AvgIpc) is 3.53. The number of rotatable bonds is 5. The first-order chi connectivity index (χ1) is 14.7. The molecule has 4 rings (SSSR count). The van der Waals surface area contributed by atoms with E-state index in [4.69, 9.17) is 5.73 Å². The predicted octanol–water partition coefficient (Wildman–Crippen LogP) is 2.53. The number of anilines is 1. The molecule has 0 bridgehead atoms. The topological polar surface area (TPSA) is 88.8 Å². The summed E-state index contributed by atoms with van der Waals surface area (Å²) in [6.45, 7) is 2.05. The van der Waals surface area contributed by atoms with E-state index < -0.39 is 12.3 Å². The molecule has 164 valence electrons. The van der Waals surface area contributed by atoms with Gasteiger partial charge in [-0.15, -0.1) is 13.2 Å². The first-order valence-electron chi connectivity index (χ1n) is 9.87. The average molecular weight is 434 g/mol. The monoisotopic (exact) mass is 434 g/mol. The number of amides is 2. The van der Waals surface area contributed by atoms with Gasteiger partial charge in [0.1, 0.15) is 11.6 Å². The summed E-state index contributed by atoms with van der Waals surface area (Å²) < 4.78 is 40.7. The lowest BCUT2D eigenvalue weighted by atomic mass is 10.1. The highest BCUT2D eigenvalue weighted by molar-refractivity contribution is 5.97. The molecule has 0 spiro atoms. The summed E-state index contributed by atoms with van der Waals surface area (Å²) in [5.41, 5.74) is 6.60. The Morgan fingerprint density at radius 2 is 1.74 bits per heavy atom. The minimum atomic E-state index is -4.73. The Hall–Kier alpha value is -3.30. The molecule has 1 aliphatic heterocycles. The predicted molar refractivity (Wildman–Crippen MR) is 106 cm³/mol. The minimum absolute atomic E-state index is 0.00252. The molecule has 2 heterocycles. The van der Waals surface area contributed by atoms with E-state index in [1.165, 1.54) is 12.1 Å². The number of nitrogens with two attached hydrogens (primary N) is 1. The highest BCUT2D eigenvalue weighted by atomic mass is 19.4. The van der Waals surface area contributed by atoms with Gasteiger partial charge in [0.05, 0.1) is 5.56 Å². The second-order valence-corrected chi connectivity index (χ2v) is 7.62. The zero-order valence-electron chi connectivity index (χ0n) is 16.5. The number of pyridine rings is 1. The second kappa shape index (κ2) is 8.09. The molecule has 2 N–H and O–H groups in total. The number of benzene rings is 1. The van der Waals surface area contributed by atoms with Crippen LogP contribution >= 0.6 is 0 Å². The van der Waals surface area contributed by atoms with E-state index in [2.05, 4.69) is 9.72 Å². The Morgan fingerprint density at radius 3 is 2.35 bits per heavy atom. The molecule has 1 saturated carbocycles. The van der Waals surface area contributed by atoms with Crippen molar-refractivity contribution in [2.45, 2.75) is 18.7 Å². The molecule has 0 unspecified atom stereocenters. The molecular weight excluding hydrogens is 413 g/mol. The van der Waals surface area contributed by atoms with E-state index >= 15 is 0 Å². The van der Waals surface area contributed by atoms with Crippen LogP contribution in [-0.4, -0.2) is 54.2 Å². The fraction of sp³-hybridized carbons (Fsp3) is 0.381. The quantitative estimate of drug-likeness (QED) is 0.781. The van der Waals surface area contributed by atoms with Gasteiger partial charge >= 0.3 is 6.36 Å². The van der Waals surface area contributed by atoms with Crippen molar-refractivity contribution in [1.29, 1.82) is 0 Å². The van der Waals surface area contributed by atoms with Crippen LogP contribution in [0.3, 0.4) is 0 Å². The lowest BCUT2D eigenvalue weighted by Gasteiger charge is -2.36. The number of ether oxygens (including phenoxy) is 1. The Bertz CT molecular complexity index is 973. The summed E-state index contributed by atoms with van der Waals surface area (Å²) >= 11 is 0. The van der Waals surface area contributed by atoms with Gasteiger partial charge in [-0.25, -0.2) is 4.98 Å². The van der Waals surface area contributed by atoms with Crippen molar-refractivity contribution >= 4 is 17.6 Å². The van der Waals surface area contributed by atoms with Gasteiger partial charge in [0.15, 0.2) is 0 Å². The number of alkyl halides is 3. The number of halogens is 3. The van der Waals surface area contributed by atoms with Gasteiger partial charge in [0.2, 0.25) is 5.91 Å². The van der Waals surface area contributed by atoms with Crippen LogP contribution in [-0.2, 0) is 4.79 Å². The SMILES string of the molecule is NC(=O)c1cccnc1N1CCN(C(=O)[C@@H]2C[C@H]2c2ccc(OC(F)(F)F)cc2)CC1. The molecule has 10 heteroatoms. The highest BCUT2D eigenvalue weighted by Crippen LogP contribution is 2.49. The smallest absolute Gasteiger partial charge is 0.406 e. The summed E-state index contributed by atoms with van der Waals surface area (Å²) in [4.78, 5) is 32.5. The van der Waals surface area contributed by atoms with Crippen LogP contribution in [0.4, 0.5) is 19.0 Å². The Kier molecular flexibility index (Phi) is 5.47. The van der Waals surface area contributed by atoms with Gasteiger partial charge < -0.3 is 20.3 Å². The number of primary amides is 1. The Morgan fingerprint density at radius 1 is 1.06 bits per heavy atom. The molecule has 1 aliphatic carbocycles. The van der Waals surface area contributed by atoms with Gasteiger partial charge in [-0.2, -0.15) is 0 Å². The van der Waals surface area contributed by atoms with Crippen molar-refractivity contribution in [3.63, 3.8) is 0 Å². The summed E-state index contributed by atoms with van der Waals surface area (Å²) in [6, 6.07) is 8.96. The standard InChI is InChI=1S/C21H21F3N4O3/c22-21(23,24)31-14-5-3-13(4-6-14)16-12-17(16)20(30)28-10-8-27(9-11-28)19-15(18(25)29)2-1-7-26-19/h1-7,16-17H,8-12H2,(H2,25,29)/t16-,17+/m0/s1. The fourth-order valence-corrected chi connectivity index (χ4v) is 3.97. The van der Waals surface area contributed by atoms with Crippen LogP contribution in [0.2, 0.25) is 0 Å². The van der Waals surface area contributed by atoms with Crippen LogP contribution in [0.5, 0.6) is 5.75 Å². The van der Waals surface area contributed by atoms with Crippen LogP contribution < -0.4 is 15.4 Å². The number of carbonyl (C=O) groups excluding carboxylic acids is 2. The van der Waals surface area contributed by atoms with Gasteiger partial charge in [-0.3, -0.25) is 9.59 Å². The summed E-state index contributed by atoms with van der Waals surface area (Å²) in [5, 5.41) is 0. The molecule has 1 aromatic carbocycles. The molecule has 31 heavy (non-hydrogen) atoms. The van der Waals surface area contributed by atoms with E-state index in [0.29, 0.717) is 44.0 Å². The molecule has 2 aliphatic rings. The number of piperazine rings is 1.